The number of fused-ring (bicyclic) bond motifs is 1. The molecule has 3 aromatic carbocycles. The van der Waals surface area contributed by atoms with Gasteiger partial charge in [0.15, 0.2) is 11.6 Å². The van der Waals surface area contributed by atoms with Crippen LogP contribution in [0.3, 0.4) is 0 Å². The van der Waals surface area contributed by atoms with Crippen molar-refractivity contribution in [1.82, 2.24) is 24.8 Å². The molecule has 2 heterocycles. The van der Waals surface area contributed by atoms with Crippen LogP contribution in [0, 0.1) is 18.6 Å². The molecule has 44 heavy (non-hydrogen) atoms. The van der Waals surface area contributed by atoms with Crippen molar-refractivity contribution in [3.8, 4) is 0 Å². The Hall–Kier alpha value is -5.49. The molecule has 0 fully saturated rings. The molecule has 5 aromatic rings. The molecule has 10 nitrogen and oxygen atoms in total. The minimum Gasteiger partial charge on any atom is -0.478 e. The molecule has 0 aliphatic heterocycles. The molecular formula is C31H23ClF2N6O4. The van der Waals surface area contributed by atoms with Gasteiger partial charge in [0, 0.05) is 30.0 Å². The van der Waals surface area contributed by atoms with Crippen molar-refractivity contribution in [2.45, 2.75) is 13.5 Å². The van der Waals surface area contributed by atoms with Gasteiger partial charge in [-0.1, -0.05) is 35.9 Å². The summed E-state index contributed by atoms with van der Waals surface area (Å²) in [5.74, 6) is -3.47. The quantitative estimate of drug-likeness (QED) is 0.201. The number of nitrogens with zero attached hydrogens (tertiary/aromatic N) is 4. The zero-order chi connectivity index (χ0) is 31.4. The fourth-order valence-corrected chi connectivity index (χ4v) is 4.56. The summed E-state index contributed by atoms with van der Waals surface area (Å²) in [6.45, 7) is 1.74. The lowest BCUT2D eigenvalue weighted by Gasteiger charge is -2.11. The van der Waals surface area contributed by atoms with Crippen LogP contribution in [-0.2, 0) is 6.54 Å². The van der Waals surface area contributed by atoms with Crippen LogP contribution in [0.1, 0.15) is 37.4 Å². The summed E-state index contributed by atoms with van der Waals surface area (Å²) in [5.41, 5.74) is 2.15. The first kappa shape index (κ1) is 30.0. The Kier molecular flexibility index (Phi) is 8.72. The Morgan fingerprint density at radius 1 is 1.05 bits per heavy atom. The summed E-state index contributed by atoms with van der Waals surface area (Å²) in [4.78, 5) is 49.5. The summed E-state index contributed by atoms with van der Waals surface area (Å²) in [7, 11) is 0. The number of halogens is 3. The van der Waals surface area contributed by atoms with Gasteiger partial charge in [-0.2, -0.15) is 0 Å². The van der Waals surface area contributed by atoms with Gasteiger partial charge in [-0.15, -0.1) is 0 Å². The molecule has 222 valence electrons. The van der Waals surface area contributed by atoms with Gasteiger partial charge in [0.05, 0.1) is 29.0 Å². The highest BCUT2D eigenvalue weighted by atomic mass is 35.5. The molecule has 0 atom stereocenters. The first-order chi connectivity index (χ1) is 21.1. The molecular weight excluding hydrogens is 594 g/mol. The molecule has 0 saturated carbocycles. The predicted molar refractivity (Wildman–Crippen MR) is 161 cm³/mol. The third-order valence-electron chi connectivity index (χ3n) is 6.64. The average molecular weight is 617 g/mol. The van der Waals surface area contributed by atoms with E-state index in [1.54, 1.807) is 37.4 Å². The van der Waals surface area contributed by atoms with Crippen molar-refractivity contribution in [3.63, 3.8) is 0 Å². The molecule has 2 aromatic heterocycles. The lowest BCUT2D eigenvalue weighted by atomic mass is 10.1. The van der Waals surface area contributed by atoms with Crippen molar-refractivity contribution in [2.24, 2.45) is 0 Å². The van der Waals surface area contributed by atoms with E-state index in [9.17, 15) is 28.3 Å². The number of carbonyl (C=O) groups excluding carboxylic acids is 1. The minimum absolute atomic E-state index is 0.00647. The van der Waals surface area contributed by atoms with E-state index in [-0.39, 0.29) is 29.2 Å². The number of benzene rings is 3. The summed E-state index contributed by atoms with van der Waals surface area (Å²) in [6, 6.07) is 11.8. The minimum atomic E-state index is -1.11. The maximum Gasteiger partial charge on any atom is 0.337 e. The van der Waals surface area contributed by atoms with E-state index in [0.29, 0.717) is 28.3 Å². The van der Waals surface area contributed by atoms with Gasteiger partial charge < -0.3 is 15.7 Å². The zero-order valence-corrected chi connectivity index (χ0v) is 23.8. The third-order valence-corrected chi connectivity index (χ3v) is 7.13. The van der Waals surface area contributed by atoms with Crippen LogP contribution in [0.25, 0.3) is 17.0 Å². The van der Waals surface area contributed by atoms with E-state index in [2.05, 4.69) is 25.6 Å². The molecule has 3 N–H and O–H groups in total. The zero-order valence-electron chi connectivity index (χ0n) is 23.0. The van der Waals surface area contributed by atoms with Crippen molar-refractivity contribution in [3.05, 3.63) is 128 Å². The predicted octanol–water partition coefficient (Wildman–Crippen LogP) is 5.36. The average Bonchev–Trinajstić information content (AvgIpc) is 3.00. The number of nitrogens with one attached hydrogen (secondary N) is 2. The molecule has 0 aliphatic rings. The second-order valence-electron chi connectivity index (χ2n) is 9.64. The SMILES string of the molecule is Cc1c(Nc2ncc3cc(C=CCNC(=O)c4cncn(Cc5ccc(F)c(F)c5)c4=O)ccc3n2)ccc(C(=O)O)c1Cl. The number of aromatic carboxylic acids is 1. The monoisotopic (exact) mass is 616 g/mol. The Labute approximate surface area is 253 Å². The van der Waals surface area contributed by atoms with E-state index in [1.807, 2.05) is 12.1 Å². The van der Waals surface area contributed by atoms with E-state index in [4.69, 9.17) is 11.6 Å². The summed E-state index contributed by atoms with van der Waals surface area (Å²) in [6.07, 6.45) is 7.50. The number of carboxylic acids is 1. The highest BCUT2D eigenvalue weighted by Crippen LogP contribution is 2.29. The number of amides is 1. The molecule has 0 unspecified atom stereocenters. The highest BCUT2D eigenvalue weighted by molar-refractivity contribution is 6.34. The van der Waals surface area contributed by atoms with Gasteiger partial charge >= 0.3 is 5.97 Å². The van der Waals surface area contributed by atoms with Crippen LogP contribution < -0.4 is 16.2 Å². The third kappa shape index (κ3) is 6.60. The maximum atomic E-state index is 13.5. The smallest absolute Gasteiger partial charge is 0.337 e. The van der Waals surface area contributed by atoms with Gasteiger partial charge in [0.1, 0.15) is 5.56 Å². The largest absolute Gasteiger partial charge is 0.478 e. The van der Waals surface area contributed by atoms with Crippen LogP contribution >= 0.6 is 11.6 Å². The number of rotatable bonds is 9. The second kappa shape index (κ2) is 12.8. The molecule has 5 rings (SSSR count). The van der Waals surface area contributed by atoms with Crippen LogP contribution in [-0.4, -0.2) is 43.0 Å². The number of hydrogen-bond donors (Lipinski definition) is 3. The van der Waals surface area contributed by atoms with Crippen LogP contribution in [0.2, 0.25) is 5.02 Å². The lowest BCUT2D eigenvalue weighted by Crippen LogP contribution is -2.33. The number of hydrogen-bond acceptors (Lipinski definition) is 7. The van der Waals surface area contributed by atoms with Gasteiger partial charge in [0.25, 0.3) is 11.5 Å². The molecule has 0 bridgehead atoms. The van der Waals surface area contributed by atoms with E-state index in [1.165, 1.54) is 18.5 Å². The molecule has 0 spiro atoms. The Morgan fingerprint density at radius 2 is 1.86 bits per heavy atom. The molecule has 1 amide bonds. The molecule has 13 heteroatoms. The van der Waals surface area contributed by atoms with Gasteiger partial charge in [-0.25, -0.2) is 28.5 Å². The Balaban J connectivity index is 1.21. The van der Waals surface area contributed by atoms with Crippen molar-refractivity contribution in [2.75, 3.05) is 11.9 Å². The Morgan fingerprint density at radius 3 is 2.64 bits per heavy atom. The molecule has 0 aliphatic carbocycles. The number of anilines is 2. The number of aromatic nitrogens is 4. The van der Waals surface area contributed by atoms with Crippen LogP contribution in [0.4, 0.5) is 20.4 Å². The van der Waals surface area contributed by atoms with E-state index >= 15 is 0 Å². The number of carbonyl (C=O) groups is 2. The number of carboxylic acid groups (broad SMARTS) is 1. The Bertz CT molecular complexity index is 2010. The fraction of sp³-hybridized carbons (Fsp3) is 0.0968. The summed E-state index contributed by atoms with van der Waals surface area (Å²) < 4.78 is 27.9. The van der Waals surface area contributed by atoms with Gasteiger partial charge in [0.2, 0.25) is 5.95 Å². The molecule has 0 radical (unpaired) electrons. The summed E-state index contributed by atoms with van der Waals surface area (Å²) >= 11 is 6.19. The van der Waals surface area contributed by atoms with Gasteiger partial charge in [-0.05, 0) is 60.0 Å². The first-order valence-corrected chi connectivity index (χ1v) is 13.5. The van der Waals surface area contributed by atoms with Gasteiger partial charge in [-0.3, -0.25) is 14.2 Å². The molecule has 0 saturated heterocycles. The standard InChI is InChI=1S/C31H23ClF2N6O4/c1-17-25(9-6-21(27(17)32)30(43)44)38-31-37-13-20-11-18(5-8-26(20)39-31)3-2-10-36-28(41)22-14-35-16-40(29(22)42)15-19-4-7-23(33)24(34)12-19/h2-9,11-14,16H,10,15H2,1H3,(H,36,41)(H,43,44)(H,37,38,39). The second-order valence-corrected chi connectivity index (χ2v) is 10.0. The normalized spacial score (nSPS) is 11.2. The van der Waals surface area contributed by atoms with Crippen molar-refractivity contribution >= 4 is 52.1 Å². The highest BCUT2D eigenvalue weighted by Gasteiger charge is 2.15. The van der Waals surface area contributed by atoms with Crippen molar-refractivity contribution in [1.29, 1.82) is 0 Å². The van der Waals surface area contributed by atoms with Crippen molar-refractivity contribution < 1.29 is 23.5 Å². The fourth-order valence-electron chi connectivity index (χ4n) is 4.32. The van der Waals surface area contributed by atoms with E-state index in [0.717, 1.165) is 33.8 Å². The topological polar surface area (TPSA) is 139 Å². The summed E-state index contributed by atoms with van der Waals surface area (Å²) in [5, 5.41) is 15.8. The first-order valence-electron chi connectivity index (χ1n) is 13.1. The van der Waals surface area contributed by atoms with E-state index < -0.39 is 29.1 Å². The lowest BCUT2D eigenvalue weighted by molar-refractivity contribution is 0.0696. The maximum absolute atomic E-state index is 13.5. The van der Waals surface area contributed by atoms with Crippen LogP contribution in [0.5, 0.6) is 0 Å². The van der Waals surface area contributed by atoms with Crippen LogP contribution in [0.15, 0.2) is 78.1 Å².